The van der Waals surface area contributed by atoms with Crippen molar-refractivity contribution in [1.29, 1.82) is 0 Å². The lowest BCUT2D eigenvalue weighted by molar-refractivity contribution is 0.747. The molecule has 4 heterocycles. The van der Waals surface area contributed by atoms with Crippen LogP contribution in [0.15, 0.2) is 6.07 Å². The number of aromatic nitrogens is 6. The van der Waals surface area contributed by atoms with Gasteiger partial charge < -0.3 is 4.90 Å². The van der Waals surface area contributed by atoms with E-state index in [9.17, 15) is 0 Å². The van der Waals surface area contributed by atoms with Crippen LogP contribution in [0.1, 0.15) is 35.7 Å². The molecule has 1 saturated heterocycles. The average molecular weight is 358 g/mol. The number of halogens is 1. The molecule has 0 amide bonds. The molecule has 0 unspecified atom stereocenters. The molecule has 0 spiro atoms. The van der Waals surface area contributed by atoms with Crippen molar-refractivity contribution in [2.45, 2.75) is 26.7 Å². The van der Waals surface area contributed by atoms with Gasteiger partial charge in [-0.3, -0.25) is 0 Å². The number of nitrogens with zero attached hydrogens (tertiary/aromatic N) is 7. The van der Waals surface area contributed by atoms with Gasteiger partial charge in [0.25, 0.3) is 0 Å². The van der Waals surface area contributed by atoms with Crippen molar-refractivity contribution in [3.63, 3.8) is 0 Å². The Kier molecular flexibility index (Phi) is 3.95. The van der Waals surface area contributed by atoms with Gasteiger partial charge in [0.05, 0.1) is 10.7 Å². The third-order valence-corrected chi connectivity index (χ3v) is 4.92. The van der Waals surface area contributed by atoms with Crippen LogP contribution < -0.4 is 4.90 Å². The Morgan fingerprint density at radius 1 is 1.08 bits per heavy atom. The summed E-state index contributed by atoms with van der Waals surface area (Å²) in [5, 5.41) is 9.72. The maximum Gasteiger partial charge on any atom is 0.245 e. The van der Waals surface area contributed by atoms with E-state index in [4.69, 9.17) is 11.6 Å². The van der Waals surface area contributed by atoms with Crippen molar-refractivity contribution in [3.8, 4) is 0 Å². The highest BCUT2D eigenvalue weighted by atomic mass is 35.5. The first-order chi connectivity index (χ1) is 12.0. The highest BCUT2D eigenvalue weighted by Crippen LogP contribution is 2.21. The molecule has 3 aromatic rings. The molecule has 25 heavy (non-hydrogen) atoms. The number of rotatable bonds is 3. The van der Waals surface area contributed by atoms with Gasteiger partial charge >= 0.3 is 0 Å². The lowest BCUT2D eigenvalue weighted by atomic mass is 10.2. The number of hydrogen-bond acceptors (Lipinski definition) is 5. The molecular weight excluding hydrogens is 338 g/mol. The first-order valence-corrected chi connectivity index (χ1v) is 8.77. The number of pyridine rings is 1. The summed E-state index contributed by atoms with van der Waals surface area (Å²) >= 11 is 6.23. The predicted molar refractivity (Wildman–Crippen MR) is 98.8 cm³/mol. The maximum atomic E-state index is 6.23. The minimum absolute atomic E-state index is 0.624. The van der Waals surface area contributed by atoms with Gasteiger partial charge in [-0.1, -0.05) is 11.6 Å². The summed E-state index contributed by atoms with van der Waals surface area (Å²) in [6.45, 7) is 5.97. The van der Waals surface area contributed by atoms with Crippen LogP contribution in [0.3, 0.4) is 0 Å². The van der Waals surface area contributed by atoms with Crippen LogP contribution in [0.2, 0.25) is 5.02 Å². The topological polar surface area (TPSA) is 64.1 Å². The van der Waals surface area contributed by atoms with Gasteiger partial charge in [-0.05, 0) is 50.5 Å². The molecule has 1 aliphatic rings. The predicted octanol–water partition coefficient (Wildman–Crippen LogP) is 2.90. The second kappa shape index (κ2) is 6.15. The molecule has 1 aliphatic heterocycles. The minimum Gasteiger partial charge on any atom is -0.340 e. The zero-order chi connectivity index (χ0) is 17.6. The molecular formula is C17H20ClN7. The molecule has 0 aliphatic carbocycles. The third kappa shape index (κ3) is 2.89. The summed E-state index contributed by atoms with van der Waals surface area (Å²) in [7, 11) is 1.90. The molecule has 0 saturated carbocycles. The van der Waals surface area contributed by atoms with Crippen LogP contribution in [-0.4, -0.2) is 42.5 Å². The summed E-state index contributed by atoms with van der Waals surface area (Å²) in [5.41, 5.74) is 2.69. The highest BCUT2D eigenvalue weighted by molar-refractivity contribution is 6.31. The van der Waals surface area contributed by atoms with Crippen molar-refractivity contribution < 1.29 is 0 Å². The van der Waals surface area contributed by atoms with Crippen molar-refractivity contribution in [2.75, 3.05) is 18.0 Å². The van der Waals surface area contributed by atoms with E-state index in [2.05, 4.69) is 25.1 Å². The van der Waals surface area contributed by atoms with Crippen LogP contribution in [-0.2, 0) is 7.05 Å². The smallest absolute Gasteiger partial charge is 0.245 e. The van der Waals surface area contributed by atoms with Gasteiger partial charge in [0, 0.05) is 20.1 Å². The van der Waals surface area contributed by atoms with Gasteiger partial charge in [0.1, 0.15) is 0 Å². The van der Waals surface area contributed by atoms with E-state index in [1.807, 2.05) is 39.1 Å². The normalized spacial score (nSPS) is 15.1. The van der Waals surface area contributed by atoms with E-state index in [0.717, 1.165) is 41.8 Å². The fourth-order valence-electron chi connectivity index (χ4n) is 3.08. The first-order valence-electron chi connectivity index (χ1n) is 8.39. The van der Waals surface area contributed by atoms with Gasteiger partial charge in [-0.15, -0.1) is 10.2 Å². The summed E-state index contributed by atoms with van der Waals surface area (Å²) in [6.07, 6.45) is 6.16. The van der Waals surface area contributed by atoms with E-state index < -0.39 is 0 Å². The summed E-state index contributed by atoms with van der Waals surface area (Å²) in [5.74, 6) is 2.20. The molecule has 0 N–H and O–H groups in total. The van der Waals surface area contributed by atoms with Gasteiger partial charge in [0.2, 0.25) is 5.95 Å². The molecule has 130 valence electrons. The largest absolute Gasteiger partial charge is 0.340 e. The minimum atomic E-state index is 0.624. The van der Waals surface area contributed by atoms with Crippen LogP contribution in [0.5, 0.6) is 0 Å². The van der Waals surface area contributed by atoms with Crippen molar-refractivity contribution in [3.05, 3.63) is 34.0 Å². The summed E-state index contributed by atoms with van der Waals surface area (Å²) in [6, 6.07) is 1.92. The third-order valence-electron chi connectivity index (χ3n) is 4.54. The van der Waals surface area contributed by atoms with E-state index in [-0.39, 0.29) is 0 Å². The molecule has 8 heteroatoms. The number of hydrogen-bond donors (Lipinski definition) is 0. The highest BCUT2D eigenvalue weighted by Gasteiger charge is 2.17. The van der Waals surface area contributed by atoms with E-state index in [1.165, 1.54) is 12.8 Å². The second-order valence-corrected chi connectivity index (χ2v) is 6.79. The lowest BCUT2D eigenvalue weighted by Gasteiger charge is -2.10. The Morgan fingerprint density at radius 2 is 1.84 bits per heavy atom. The zero-order valence-electron chi connectivity index (χ0n) is 14.6. The van der Waals surface area contributed by atoms with Crippen LogP contribution >= 0.6 is 11.6 Å². The SMILES string of the molecule is Cc1cc(Cl)c(C)n2nc(C=Cc3nc(N4CCCC4)nn3C)nc12. The Balaban J connectivity index is 1.65. The summed E-state index contributed by atoms with van der Waals surface area (Å²) in [4.78, 5) is 11.4. The van der Waals surface area contributed by atoms with Crippen molar-refractivity contribution in [1.82, 2.24) is 29.4 Å². The fourth-order valence-corrected chi connectivity index (χ4v) is 3.32. The fraction of sp³-hybridized carbons (Fsp3) is 0.412. The average Bonchev–Trinajstić information content (AvgIpc) is 3.30. The Labute approximate surface area is 150 Å². The summed E-state index contributed by atoms with van der Waals surface area (Å²) < 4.78 is 3.57. The standard InChI is InChI=1S/C17H20ClN7/c1-11-10-13(18)12(2)25-16(11)19-14(21-25)6-7-15-20-17(22-23(15)3)24-8-4-5-9-24/h6-7,10H,4-5,8-9H2,1-3H3. The molecule has 0 radical (unpaired) electrons. The molecule has 4 rings (SSSR count). The van der Waals surface area contributed by atoms with Gasteiger partial charge in [-0.2, -0.15) is 4.98 Å². The number of aryl methyl sites for hydroxylation is 3. The monoisotopic (exact) mass is 357 g/mol. The second-order valence-electron chi connectivity index (χ2n) is 6.39. The van der Waals surface area contributed by atoms with Crippen LogP contribution in [0.25, 0.3) is 17.8 Å². The molecule has 7 nitrogen and oxygen atoms in total. The lowest BCUT2D eigenvalue weighted by Crippen LogP contribution is -2.19. The van der Waals surface area contributed by atoms with Crippen molar-refractivity contribution in [2.24, 2.45) is 7.05 Å². The van der Waals surface area contributed by atoms with E-state index in [0.29, 0.717) is 10.8 Å². The number of fused-ring (bicyclic) bond motifs is 1. The Hall–Kier alpha value is -2.41. The molecule has 3 aromatic heterocycles. The Morgan fingerprint density at radius 3 is 2.60 bits per heavy atom. The quantitative estimate of drug-likeness (QED) is 0.721. The molecule has 0 aromatic carbocycles. The van der Waals surface area contributed by atoms with Crippen molar-refractivity contribution >= 4 is 35.3 Å². The van der Waals surface area contributed by atoms with Gasteiger partial charge in [-0.25, -0.2) is 14.2 Å². The molecule has 0 bridgehead atoms. The first kappa shape index (κ1) is 16.1. The Bertz CT molecular complexity index is 963. The van der Waals surface area contributed by atoms with E-state index >= 15 is 0 Å². The zero-order valence-corrected chi connectivity index (χ0v) is 15.3. The molecule has 1 fully saturated rings. The maximum absolute atomic E-state index is 6.23. The van der Waals surface area contributed by atoms with E-state index in [1.54, 1.807) is 9.20 Å². The molecule has 0 atom stereocenters. The van der Waals surface area contributed by atoms with Crippen LogP contribution in [0.4, 0.5) is 5.95 Å². The van der Waals surface area contributed by atoms with Gasteiger partial charge in [0.15, 0.2) is 17.3 Å². The van der Waals surface area contributed by atoms with Crippen LogP contribution in [0, 0.1) is 13.8 Å². The number of anilines is 1.